The Labute approximate surface area is 73.1 Å². The SMILES string of the molecule is c1cnc2nc3nncn3cc2c1. The van der Waals surface area contributed by atoms with Crippen molar-refractivity contribution in [3.05, 3.63) is 30.9 Å². The van der Waals surface area contributed by atoms with Crippen LogP contribution in [0.2, 0.25) is 0 Å². The molecule has 0 amide bonds. The van der Waals surface area contributed by atoms with Gasteiger partial charge in [-0.2, -0.15) is 4.98 Å². The van der Waals surface area contributed by atoms with Gasteiger partial charge < -0.3 is 0 Å². The van der Waals surface area contributed by atoms with Crippen molar-refractivity contribution in [1.82, 2.24) is 24.6 Å². The zero-order chi connectivity index (χ0) is 8.67. The third-order valence-electron chi connectivity index (χ3n) is 1.86. The van der Waals surface area contributed by atoms with Crippen molar-refractivity contribution in [2.75, 3.05) is 0 Å². The van der Waals surface area contributed by atoms with Gasteiger partial charge in [0.2, 0.25) is 0 Å². The van der Waals surface area contributed by atoms with Crippen molar-refractivity contribution in [2.24, 2.45) is 0 Å². The van der Waals surface area contributed by atoms with Gasteiger partial charge in [0, 0.05) is 17.8 Å². The van der Waals surface area contributed by atoms with Crippen LogP contribution in [0.5, 0.6) is 0 Å². The van der Waals surface area contributed by atoms with Crippen LogP contribution in [0.25, 0.3) is 16.8 Å². The van der Waals surface area contributed by atoms with Gasteiger partial charge in [0.1, 0.15) is 6.33 Å². The highest BCUT2D eigenvalue weighted by Crippen LogP contribution is 2.07. The molecule has 3 rings (SSSR count). The minimum atomic E-state index is 0.575. The standard InChI is InChI=1S/C8H5N5/c1-2-6-4-13-5-10-12-8(13)11-7(6)9-3-1/h1-5H. The summed E-state index contributed by atoms with van der Waals surface area (Å²) in [5.41, 5.74) is 0.697. The fourth-order valence-corrected chi connectivity index (χ4v) is 1.26. The molecule has 3 aromatic heterocycles. The van der Waals surface area contributed by atoms with Crippen molar-refractivity contribution in [1.29, 1.82) is 0 Å². The van der Waals surface area contributed by atoms with Crippen molar-refractivity contribution in [3.63, 3.8) is 0 Å². The van der Waals surface area contributed by atoms with Gasteiger partial charge in [0.15, 0.2) is 5.65 Å². The minimum Gasteiger partial charge on any atom is -0.272 e. The average Bonchev–Trinajstić information content (AvgIpc) is 2.61. The highest BCUT2D eigenvalue weighted by atomic mass is 15.3. The third kappa shape index (κ3) is 0.868. The van der Waals surface area contributed by atoms with E-state index < -0.39 is 0 Å². The van der Waals surface area contributed by atoms with Gasteiger partial charge in [-0.25, -0.2) is 4.98 Å². The lowest BCUT2D eigenvalue weighted by molar-refractivity contribution is 1.10. The van der Waals surface area contributed by atoms with Crippen LogP contribution < -0.4 is 0 Å². The van der Waals surface area contributed by atoms with E-state index in [0.717, 1.165) is 5.39 Å². The molecule has 0 atom stereocenters. The maximum Gasteiger partial charge on any atom is 0.256 e. The fourth-order valence-electron chi connectivity index (χ4n) is 1.26. The van der Waals surface area contributed by atoms with Gasteiger partial charge in [-0.3, -0.25) is 4.40 Å². The Morgan fingerprint density at radius 3 is 3.31 bits per heavy atom. The molecule has 0 saturated carbocycles. The van der Waals surface area contributed by atoms with E-state index in [0.29, 0.717) is 11.4 Å². The molecule has 3 aromatic rings. The predicted octanol–water partition coefficient (Wildman–Crippen LogP) is 0.672. The number of rotatable bonds is 0. The molecule has 0 aromatic carbocycles. The van der Waals surface area contributed by atoms with Crippen LogP contribution in [0.1, 0.15) is 0 Å². The average molecular weight is 171 g/mol. The number of nitrogens with zero attached hydrogens (tertiary/aromatic N) is 5. The lowest BCUT2D eigenvalue weighted by Gasteiger charge is -1.95. The normalized spacial score (nSPS) is 11.1. The van der Waals surface area contributed by atoms with Crippen LogP contribution in [0.4, 0.5) is 0 Å². The molecule has 0 spiro atoms. The molecule has 0 aliphatic carbocycles. The summed E-state index contributed by atoms with van der Waals surface area (Å²) in [5.74, 6) is 0.575. The van der Waals surface area contributed by atoms with E-state index in [4.69, 9.17) is 0 Å². The second-order valence-electron chi connectivity index (χ2n) is 2.70. The first-order valence-corrected chi connectivity index (χ1v) is 3.84. The fraction of sp³-hybridized carbons (Fsp3) is 0. The summed E-state index contributed by atoms with van der Waals surface area (Å²) in [5, 5.41) is 8.56. The van der Waals surface area contributed by atoms with Crippen LogP contribution in [-0.4, -0.2) is 24.6 Å². The number of aromatic nitrogens is 5. The molecule has 0 fully saturated rings. The molecular formula is C8H5N5. The van der Waals surface area contributed by atoms with Gasteiger partial charge in [-0.05, 0) is 12.1 Å². The van der Waals surface area contributed by atoms with E-state index >= 15 is 0 Å². The summed E-state index contributed by atoms with van der Waals surface area (Å²) in [4.78, 5) is 8.33. The summed E-state index contributed by atoms with van der Waals surface area (Å²) >= 11 is 0. The van der Waals surface area contributed by atoms with Gasteiger partial charge in [0.25, 0.3) is 5.78 Å². The molecular weight excluding hydrogens is 166 g/mol. The van der Waals surface area contributed by atoms with Crippen molar-refractivity contribution in [2.45, 2.75) is 0 Å². The van der Waals surface area contributed by atoms with Crippen LogP contribution in [-0.2, 0) is 0 Å². The maximum absolute atomic E-state index is 4.22. The molecule has 0 unspecified atom stereocenters. The predicted molar refractivity (Wildman–Crippen MR) is 46.1 cm³/mol. The van der Waals surface area contributed by atoms with Gasteiger partial charge in [-0.15, -0.1) is 10.2 Å². The zero-order valence-corrected chi connectivity index (χ0v) is 6.62. The number of hydrogen-bond acceptors (Lipinski definition) is 4. The third-order valence-corrected chi connectivity index (χ3v) is 1.86. The summed E-state index contributed by atoms with van der Waals surface area (Å²) in [6, 6.07) is 3.83. The molecule has 5 nitrogen and oxygen atoms in total. The van der Waals surface area contributed by atoms with E-state index in [1.807, 2.05) is 18.3 Å². The van der Waals surface area contributed by atoms with E-state index in [2.05, 4.69) is 20.2 Å². The van der Waals surface area contributed by atoms with Crippen LogP contribution in [0.15, 0.2) is 30.9 Å². The second kappa shape index (κ2) is 2.22. The first-order chi connectivity index (χ1) is 6.43. The highest BCUT2D eigenvalue weighted by molar-refractivity contribution is 5.74. The van der Waals surface area contributed by atoms with Crippen LogP contribution in [0.3, 0.4) is 0 Å². The quantitative estimate of drug-likeness (QED) is 0.499. The largest absolute Gasteiger partial charge is 0.272 e. The number of hydrogen-bond donors (Lipinski definition) is 0. The van der Waals surface area contributed by atoms with E-state index in [-0.39, 0.29) is 0 Å². The van der Waals surface area contributed by atoms with Gasteiger partial charge in [0.05, 0.1) is 0 Å². The molecule has 0 aliphatic heterocycles. The molecule has 62 valence electrons. The van der Waals surface area contributed by atoms with Crippen molar-refractivity contribution < 1.29 is 0 Å². The van der Waals surface area contributed by atoms with Gasteiger partial charge >= 0.3 is 0 Å². The monoisotopic (exact) mass is 171 g/mol. The Bertz CT molecular complexity index is 521. The molecule has 5 heteroatoms. The summed E-state index contributed by atoms with van der Waals surface area (Å²) in [6.45, 7) is 0. The Balaban J connectivity index is 2.57. The number of pyridine rings is 1. The highest BCUT2D eigenvalue weighted by Gasteiger charge is 1.99. The first-order valence-electron chi connectivity index (χ1n) is 3.84. The molecule has 3 heterocycles. The van der Waals surface area contributed by atoms with E-state index in [1.165, 1.54) is 0 Å². The van der Waals surface area contributed by atoms with Gasteiger partial charge in [-0.1, -0.05) is 0 Å². The van der Waals surface area contributed by atoms with Crippen LogP contribution >= 0.6 is 0 Å². The summed E-state index contributed by atoms with van der Waals surface area (Å²) in [6.07, 6.45) is 5.24. The maximum atomic E-state index is 4.22. The first kappa shape index (κ1) is 6.47. The Kier molecular flexibility index (Phi) is 1.11. The molecule has 0 N–H and O–H groups in total. The zero-order valence-electron chi connectivity index (χ0n) is 6.62. The summed E-state index contributed by atoms with van der Waals surface area (Å²) < 4.78 is 1.77. The molecule has 0 bridgehead atoms. The Morgan fingerprint density at radius 1 is 1.31 bits per heavy atom. The van der Waals surface area contributed by atoms with Crippen molar-refractivity contribution in [3.8, 4) is 0 Å². The summed E-state index contributed by atoms with van der Waals surface area (Å²) in [7, 11) is 0. The molecule has 0 saturated heterocycles. The molecule has 13 heavy (non-hydrogen) atoms. The Hall–Kier alpha value is -2.04. The molecule has 0 radical (unpaired) electrons. The lowest BCUT2D eigenvalue weighted by Crippen LogP contribution is -1.90. The Morgan fingerprint density at radius 2 is 2.31 bits per heavy atom. The van der Waals surface area contributed by atoms with Crippen molar-refractivity contribution >= 4 is 16.8 Å². The second-order valence-corrected chi connectivity index (χ2v) is 2.70. The topological polar surface area (TPSA) is 56.0 Å². The molecule has 0 aliphatic rings. The van der Waals surface area contributed by atoms with E-state index in [9.17, 15) is 0 Å². The van der Waals surface area contributed by atoms with Crippen LogP contribution in [0, 0.1) is 0 Å². The lowest BCUT2D eigenvalue weighted by atomic mass is 10.3. The van der Waals surface area contributed by atoms with E-state index in [1.54, 1.807) is 16.9 Å². The minimum absolute atomic E-state index is 0.575. The smallest absolute Gasteiger partial charge is 0.256 e. The number of fused-ring (bicyclic) bond motifs is 2.